The third-order valence-electron chi connectivity index (χ3n) is 5.52. The molecule has 0 unspecified atom stereocenters. The van der Waals surface area contributed by atoms with Crippen molar-refractivity contribution in [3.8, 4) is 11.4 Å². The highest BCUT2D eigenvalue weighted by Crippen LogP contribution is 2.31. The van der Waals surface area contributed by atoms with Crippen LogP contribution >= 0.6 is 11.6 Å². The third kappa shape index (κ3) is 3.90. The number of hydrogen-bond acceptors (Lipinski definition) is 4. The van der Waals surface area contributed by atoms with E-state index in [9.17, 15) is 4.79 Å². The molecule has 30 heavy (non-hydrogen) atoms. The molecule has 154 valence electrons. The lowest BCUT2D eigenvalue weighted by Crippen LogP contribution is -2.38. The number of anilines is 1. The molecule has 0 bridgehead atoms. The van der Waals surface area contributed by atoms with Gasteiger partial charge < -0.3 is 9.80 Å². The van der Waals surface area contributed by atoms with E-state index >= 15 is 0 Å². The molecule has 0 saturated carbocycles. The van der Waals surface area contributed by atoms with Crippen LogP contribution in [0.5, 0.6) is 0 Å². The van der Waals surface area contributed by atoms with Gasteiger partial charge in [0.05, 0.1) is 22.8 Å². The number of carbonyl (C=O) groups is 1. The summed E-state index contributed by atoms with van der Waals surface area (Å²) in [5.41, 5.74) is 3.59. The van der Waals surface area contributed by atoms with Crippen LogP contribution in [0.2, 0.25) is 5.02 Å². The van der Waals surface area contributed by atoms with Gasteiger partial charge in [-0.3, -0.25) is 4.79 Å². The first-order chi connectivity index (χ1) is 14.6. The van der Waals surface area contributed by atoms with Gasteiger partial charge in [-0.15, -0.1) is 0 Å². The van der Waals surface area contributed by atoms with Crippen LogP contribution in [0.3, 0.4) is 0 Å². The number of hydrogen-bond donors (Lipinski definition) is 0. The van der Waals surface area contributed by atoms with E-state index in [2.05, 4.69) is 18.7 Å². The minimum Gasteiger partial charge on any atom is -0.357 e. The van der Waals surface area contributed by atoms with Crippen molar-refractivity contribution in [2.24, 2.45) is 0 Å². The van der Waals surface area contributed by atoms with Gasteiger partial charge in [0.25, 0.3) is 5.91 Å². The number of aromatic nitrogens is 2. The number of amides is 1. The van der Waals surface area contributed by atoms with Crippen LogP contribution in [0.4, 0.5) is 5.82 Å². The molecule has 0 fully saturated rings. The van der Waals surface area contributed by atoms with Gasteiger partial charge in [0.15, 0.2) is 5.82 Å². The Kier molecular flexibility index (Phi) is 6.00. The Morgan fingerprint density at radius 2 is 1.73 bits per heavy atom. The van der Waals surface area contributed by atoms with Gasteiger partial charge in [-0.25, -0.2) is 9.97 Å². The fourth-order valence-electron chi connectivity index (χ4n) is 3.88. The number of benzene rings is 2. The quantitative estimate of drug-likeness (QED) is 0.592. The Labute approximate surface area is 182 Å². The standard InChI is InChI=1S/C24H25ClN4O/c1-3-28(4-2)23-19-16-29(24(30)18-12-8-9-13-20(18)25)15-14-21(19)26-22(27-23)17-10-6-5-7-11-17/h5-13H,3-4,14-16H2,1-2H3. The van der Waals surface area contributed by atoms with E-state index in [1.807, 2.05) is 47.4 Å². The SMILES string of the molecule is CCN(CC)c1nc(-c2ccccc2)nc2c1CN(C(=O)c1ccccc1Cl)CC2. The van der Waals surface area contributed by atoms with Crippen LogP contribution in [0.1, 0.15) is 35.5 Å². The lowest BCUT2D eigenvalue weighted by molar-refractivity contribution is 0.0734. The molecular weight excluding hydrogens is 396 g/mol. The predicted octanol–water partition coefficient (Wildman–Crippen LogP) is 4.84. The maximum absolute atomic E-state index is 13.1. The fourth-order valence-corrected chi connectivity index (χ4v) is 4.09. The zero-order chi connectivity index (χ0) is 21.1. The number of fused-ring (bicyclic) bond motifs is 1. The summed E-state index contributed by atoms with van der Waals surface area (Å²) in [6.07, 6.45) is 0.697. The maximum Gasteiger partial charge on any atom is 0.255 e. The first kappa shape index (κ1) is 20.4. The van der Waals surface area contributed by atoms with Crippen molar-refractivity contribution < 1.29 is 4.79 Å². The van der Waals surface area contributed by atoms with Gasteiger partial charge >= 0.3 is 0 Å². The van der Waals surface area contributed by atoms with Crippen LogP contribution in [-0.2, 0) is 13.0 Å². The number of halogens is 1. The number of rotatable bonds is 5. The molecular formula is C24H25ClN4O. The molecule has 0 spiro atoms. The summed E-state index contributed by atoms with van der Waals surface area (Å²) in [5, 5.41) is 0.480. The minimum atomic E-state index is -0.0520. The van der Waals surface area contributed by atoms with Crippen molar-refractivity contribution in [3.05, 3.63) is 76.4 Å². The Hall–Kier alpha value is -2.92. The highest BCUT2D eigenvalue weighted by molar-refractivity contribution is 6.33. The Balaban J connectivity index is 1.74. The van der Waals surface area contributed by atoms with Crippen molar-refractivity contribution in [1.29, 1.82) is 0 Å². The molecule has 1 aliphatic rings. The van der Waals surface area contributed by atoms with Crippen molar-refractivity contribution >= 4 is 23.3 Å². The van der Waals surface area contributed by atoms with Crippen LogP contribution in [0.15, 0.2) is 54.6 Å². The maximum atomic E-state index is 13.1. The fraction of sp³-hybridized carbons (Fsp3) is 0.292. The van der Waals surface area contributed by atoms with E-state index in [-0.39, 0.29) is 5.91 Å². The molecule has 5 nitrogen and oxygen atoms in total. The van der Waals surface area contributed by atoms with Gasteiger partial charge in [0.1, 0.15) is 5.82 Å². The summed E-state index contributed by atoms with van der Waals surface area (Å²) >= 11 is 6.27. The van der Waals surface area contributed by atoms with Crippen molar-refractivity contribution in [2.75, 3.05) is 24.5 Å². The van der Waals surface area contributed by atoms with Gasteiger partial charge in [-0.1, -0.05) is 54.1 Å². The van der Waals surface area contributed by atoms with E-state index in [1.165, 1.54) is 0 Å². The van der Waals surface area contributed by atoms with Crippen LogP contribution in [0, 0.1) is 0 Å². The van der Waals surface area contributed by atoms with Crippen LogP contribution in [-0.4, -0.2) is 40.4 Å². The molecule has 0 aliphatic carbocycles. The van der Waals surface area contributed by atoms with Crippen LogP contribution < -0.4 is 4.90 Å². The molecule has 2 heterocycles. The molecule has 0 N–H and O–H groups in total. The summed E-state index contributed by atoms with van der Waals surface area (Å²) in [7, 11) is 0. The molecule has 4 rings (SSSR count). The van der Waals surface area contributed by atoms with Gasteiger partial charge in [0, 0.05) is 37.2 Å². The number of nitrogens with zero attached hydrogens (tertiary/aromatic N) is 4. The van der Waals surface area contributed by atoms with Crippen molar-refractivity contribution in [1.82, 2.24) is 14.9 Å². The van der Waals surface area contributed by atoms with Gasteiger partial charge in [-0.2, -0.15) is 0 Å². The molecule has 1 aromatic heterocycles. The largest absolute Gasteiger partial charge is 0.357 e. The summed E-state index contributed by atoms with van der Waals surface area (Å²) in [6.45, 7) is 7.02. The molecule has 0 saturated heterocycles. The summed E-state index contributed by atoms with van der Waals surface area (Å²) in [4.78, 5) is 27.0. The lowest BCUT2D eigenvalue weighted by Gasteiger charge is -2.32. The second-order valence-corrected chi connectivity index (χ2v) is 7.70. The van der Waals surface area contributed by atoms with E-state index < -0.39 is 0 Å². The second kappa shape index (κ2) is 8.84. The van der Waals surface area contributed by atoms with E-state index in [1.54, 1.807) is 12.1 Å². The van der Waals surface area contributed by atoms with Crippen LogP contribution in [0.25, 0.3) is 11.4 Å². The summed E-state index contributed by atoms with van der Waals surface area (Å²) in [5.74, 6) is 1.60. The monoisotopic (exact) mass is 420 g/mol. The minimum absolute atomic E-state index is 0.0520. The second-order valence-electron chi connectivity index (χ2n) is 7.29. The normalized spacial score (nSPS) is 13.1. The third-order valence-corrected chi connectivity index (χ3v) is 5.85. The van der Waals surface area contributed by atoms with E-state index in [0.717, 1.165) is 41.6 Å². The smallest absolute Gasteiger partial charge is 0.255 e. The molecule has 6 heteroatoms. The molecule has 1 amide bonds. The first-order valence-electron chi connectivity index (χ1n) is 10.4. The average Bonchev–Trinajstić information content (AvgIpc) is 2.80. The van der Waals surface area contributed by atoms with Crippen molar-refractivity contribution in [3.63, 3.8) is 0 Å². The number of carbonyl (C=O) groups excluding carboxylic acids is 1. The average molecular weight is 421 g/mol. The Morgan fingerprint density at radius 3 is 2.43 bits per heavy atom. The van der Waals surface area contributed by atoms with Crippen molar-refractivity contribution in [2.45, 2.75) is 26.8 Å². The molecule has 3 aromatic rings. The highest BCUT2D eigenvalue weighted by atomic mass is 35.5. The highest BCUT2D eigenvalue weighted by Gasteiger charge is 2.28. The molecule has 1 aliphatic heterocycles. The first-order valence-corrected chi connectivity index (χ1v) is 10.7. The van der Waals surface area contributed by atoms with Gasteiger partial charge in [0.2, 0.25) is 0 Å². The predicted molar refractivity (Wildman–Crippen MR) is 121 cm³/mol. The molecule has 0 atom stereocenters. The van der Waals surface area contributed by atoms with E-state index in [0.29, 0.717) is 30.1 Å². The molecule has 2 aromatic carbocycles. The topological polar surface area (TPSA) is 49.3 Å². The zero-order valence-electron chi connectivity index (χ0n) is 17.3. The lowest BCUT2D eigenvalue weighted by atomic mass is 10.0. The summed E-state index contributed by atoms with van der Waals surface area (Å²) in [6, 6.07) is 17.3. The Bertz CT molecular complexity index is 1050. The summed E-state index contributed by atoms with van der Waals surface area (Å²) < 4.78 is 0. The van der Waals surface area contributed by atoms with E-state index in [4.69, 9.17) is 21.6 Å². The van der Waals surface area contributed by atoms with Gasteiger partial charge in [-0.05, 0) is 26.0 Å². The molecule has 0 radical (unpaired) electrons. The Morgan fingerprint density at radius 1 is 1.03 bits per heavy atom. The zero-order valence-corrected chi connectivity index (χ0v) is 18.1.